The lowest BCUT2D eigenvalue weighted by molar-refractivity contribution is 0.0240. The number of sulfone groups is 1. The lowest BCUT2D eigenvalue weighted by Gasteiger charge is -2.35. The maximum Gasteiger partial charge on any atom is 0.410 e. The second-order valence-electron chi connectivity index (χ2n) is 10.1. The predicted molar refractivity (Wildman–Crippen MR) is 132 cm³/mol. The Balaban J connectivity index is 1.57. The van der Waals surface area contributed by atoms with Gasteiger partial charge in [0.05, 0.1) is 4.90 Å². The molecule has 0 atom stereocenters. The zero-order chi connectivity index (χ0) is 25.0. The number of amides is 1. The quantitative estimate of drug-likeness (QED) is 0.547. The van der Waals surface area contributed by atoms with E-state index >= 15 is 0 Å². The van der Waals surface area contributed by atoms with Gasteiger partial charge in [0.15, 0.2) is 16.4 Å². The summed E-state index contributed by atoms with van der Waals surface area (Å²) < 4.78 is 35.1. The smallest absolute Gasteiger partial charge is 0.410 e. The lowest BCUT2D eigenvalue weighted by Crippen LogP contribution is -2.50. The molecule has 1 aromatic carbocycles. The molecule has 2 aliphatic rings. The summed E-state index contributed by atoms with van der Waals surface area (Å²) in [4.78, 5) is 21.2. The molecule has 5 rings (SSSR count). The molecular formula is C25H31N5O4S. The number of benzene rings is 1. The van der Waals surface area contributed by atoms with Gasteiger partial charge in [0.2, 0.25) is 9.84 Å². The van der Waals surface area contributed by atoms with Crippen LogP contribution in [0.2, 0.25) is 0 Å². The number of aryl methyl sites for hydroxylation is 2. The first-order valence-electron chi connectivity index (χ1n) is 12.0. The van der Waals surface area contributed by atoms with E-state index < -0.39 is 15.4 Å². The topological polar surface area (TPSA) is 97.1 Å². The van der Waals surface area contributed by atoms with Gasteiger partial charge in [0.25, 0.3) is 0 Å². The fourth-order valence-corrected chi connectivity index (χ4v) is 6.37. The maximum atomic E-state index is 13.9. The summed E-state index contributed by atoms with van der Waals surface area (Å²) >= 11 is 0. The molecule has 0 N–H and O–H groups in total. The van der Waals surface area contributed by atoms with Crippen LogP contribution in [0.1, 0.15) is 44.1 Å². The van der Waals surface area contributed by atoms with Crippen molar-refractivity contribution in [3.8, 4) is 0 Å². The summed E-state index contributed by atoms with van der Waals surface area (Å²) in [6.45, 7) is 9.18. The molecule has 2 aromatic heterocycles. The number of anilines is 1. The van der Waals surface area contributed by atoms with Gasteiger partial charge in [-0.2, -0.15) is 0 Å². The Labute approximate surface area is 205 Å². The van der Waals surface area contributed by atoms with E-state index in [4.69, 9.17) is 14.8 Å². The van der Waals surface area contributed by atoms with Crippen molar-refractivity contribution < 1.29 is 17.9 Å². The molecule has 9 nitrogen and oxygen atoms in total. The van der Waals surface area contributed by atoms with Crippen molar-refractivity contribution in [2.24, 2.45) is 0 Å². The van der Waals surface area contributed by atoms with E-state index in [0.717, 1.165) is 36.2 Å². The van der Waals surface area contributed by atoms with Gasteiger partial charge in [-0.1, -0.05) is 18.2 Å². The van der Waals surface area contributed by atoms with Gasteiger partial charge in [-0.15, -0.1) is 5.10 Å². The van der Waals surface area contributed by atoms with E-state index in [1.165, 1.54) is 0 Å². The molecule has 186 valence electrons. The van der Waals surface area contributed by atoms with Crippen LogP contribution < -0.4 is 4.90 Å². The Kier molecular flexibility index (Phi) is 5.74. The second-order valence-corrected chi connectivity index (χ2v) is 12.0. The fraction of sp³-hybridized carbons (Fsp3) is 0.480. The molecular weight excluding hydrogens is 466 g/mol. The summed E-state index contributed by atoms with van der Waals surface area (Å²) in [5.41, 5.74) is 2.85. The Morgan fingerprint density at radius 3 is 2.37 bits per heavy atom. The summed E-state index contributed by atoms with van der Waals surface area (Å²) in [5.74, 6) is 0.393. The number of ether oxygens (including phenoxy) is 1. The first-order valence-corrected chi connectivity index (χ1v) is 13.5. The van der Waals surface area contributed by atoms with Crippen molar-refractivity contribution in [3.05, 3.63) is 47.3 Å². The van der Waals surface area contributed by atoms with E-state index in [9.17, 15) is 13.2 Å². The monoisotopic (exact) mass is 497 g/mol. The highest BCUT2D eigenvalue weighted by Gasteiger charge is 2.35. The van der Waals surface area contributed by atoms with Crippen LogP contribution in [0.5, 0.6) is 0 Å². The van der Waals surface area contributed by atoms with Crippen molar-refractivity contribution in [2.75, 3.05) is 31.1 Å². The van der Waals surface area contributed by atoms with Crippen LogP contribution in [0.4, 0.5) is 10.6 Å². The number of hydrogen-bond donors (Lipinski definition) is 0. The summed E-state index contributed by atoms with van der Waals surface area (Å²) in [6, 6.07) is 8.43. The average Bonchev–Trinajstić information content (AvgIpc) is 3.44. The Morgan fingerprint density at radius 2 is 1.71 bits per heavy atom. The maximum absolute atomic E-state index is 13.9. The molecule has 1 aliphatic heterocycles. The molecule has 1 aliphatic carbocycles. The molecule has 3 heterocycles. The van der Waals surface area contributed by atoms with Crippen molar-refractivity contribution >= 4 is 27.4 Å². The highest BCUT2D eigenvalue weighted by molar-refractivity contribution is 7.91. The van der Waals surface area contributed by atoms with Gasteiger partial charge >= 0.3 is 6.09 Å². The number of rotatable bonds is 3. The second kappa shape index (κ2) is 8.51. The Morgan fingerprint density at radius 1 is 1.03 bits per heavy atom. The van der Waals surface area contributed by atoms with Crippen LogP contribution in [0.25, 0.3) is 5.65 Å². The minimum Gasteiger partial charge on any atom is -0.444 e. The van der Waals surface area contributed by atoms with Crippen LogP contribution in [0, 0.1) is 6.92 Å². The Bertz CT molecular complexity index is 1380. The number of carbonyl (C=O) groups excluding carboxylic acids is 1. The predicted octanol–water partition coefficient (Wildman–Crippen LogP) is 3.42. The molecule has 0 radical (unpaired) electrons. The van der Waals surface area contributed by atoms with E-state index in [2.05, 4.69) is 0 Å². The zero-order valence-corrected chi connectivity index (χ0v) is 21.4. The standard InChI is InChI=1S/C25H31N5O4S/c1-17-19-11-8-12-20(19)30-22(26-17)21(35(32,33)18-9-6-5-7-10-18)23(27-30)28-13-15-29(16-14-28)24(31)34-25(2,3)4/h5-7,9-10H,8,11-16H2,1-4H3. The first kappa shape index (κ1) is 23.6. The van der Waals surface area contributed by atoms with Crippen molar-refractivity contribution in [1.82, 2.24) is 19.5 Å². The fourth-order valence-electron chi connectivity index (χ4n) is 4.84. The average molecular weight is 498 g/mol. The van der Waals surface area contributed by atoms with Gasteiger partial charge in [-0.3, -0.25) is 0 Å². The molecule has 1 fully saturated rings. The molecule has 1 amide bonds. The molecule has 1 saturated heterocycles. The number of carbonyl (C=O) groups is 1. The van der Waals surface area contributed by atoms with E-state index in [1.807, 2.05) is 32.6 Å². The minimum absolute atomic E-state index is 0.132. The van der Waals surface area contributed by atoms with Gasteiger partial charge in [0.1, 0.15) is 5.60 Å². The summed E-state index contributed by atoms with van der Waals surface area (Å²) in [7, 11) is -3.88. The molecule has 10 heteroatoms. The third-order valence-electron chi connectivity index (χ3n) is 6.51. The summed E-state index contributed by atoms with van der Waals surface area (Å²) in [6.07, 6.45) is 2.41. The minimum atomic E-state index is -3.88. The first-order chi connectivity index (χ1) is 16.6. The van der Waals surface area contributed by atoms with Gasteiger partial charge in [-0.25, -0.2) is 22.7 Å². The third-order valence-corrected chi connectivity index (χ3v) is 8.30. The Hall–Kier alpha value is -3.14. The molecule has 0 spiro atoms. The lowest BCUT2D eigenvalue weighted by atomic mass is 10.2. The SMILES string of the molecule is Cc1nc2c(S(=O)(=O)c3ccccc3)c(N3CCN(C(=O)OC(C)(C)C)CC3)nn2c2c1CCC2. The highest BCUT2D eigenvalue weighted by Crippen LogP contribution is 2.36. The van der Waals surface area contributed by atoms with E-state index in [-0.39, 0.29) is 15.9 Å². The highest BCUT2D eigenvalue weighted by atomic mass is 32.2. The largest absolute Gasteiger partial charge is 0.444 e. The van der Waals surface area contributed by atoms with Crippen LogP contribution in [-0.2, 0) is 27.4 Å². The molecule has 35 heavy (non-hydrogen) atoms. The zero-order valence-electron chi connectivity index (χ0n) is 20.6. The van der Waals surface area contributed by atoms with Gasteiger partial charge in [0, 0.05) is 37.6 Å². The van der Waals surface area contributed by atoms with Crippen LogP contribution in [-0.4, -0.2) is 65.8 Å². The van der Waals surface area contributed by atoms with E-state index in [1.54, 1.807) is 39.7 Å². The molecule has 3 aromatic rings. The number of nitrogens with zero attached hydrogens (tertiary/aromatic N) is 5. The number of fused-ring (bicyclic) bond motifs is 3. The van der Waals surface area contributed by atoms with Crippen LogP contribution in [0.3, 0.4) is 0 Å². The van der Waals surface area contributed by atoms with E-state index in [0.29, 0.717) is 37.6 Å². The third kappa shape index (κ3) is 4.24. The van der Waals surface area contributed by atoms with Crippen LogP contribution in [0.15, 0.2) is 40.1 Å². The van der Waals surface area contributed by atoms with Crippen molar-refractivity contribution in [3.63, 3.8) is 0 Å². The number of piperazine rings is 1. The van der Waals surface area contributed by atoms with Crippen molar-refractivity contribution in [2.45, 2.75) is 62.3 Å². The molecule has 0 saturated carbocycles. The molecule has 0 bridgehead atoms. The van der Waals surface area contributed by atoms with Crippen molar-refractivity contribution in [1.29, 1.82) is 0 Å². The normalized spacial score (nSPS) is 16.6. The molecule has 0 unspecified atom stereocenters. The summed E-state index contributed by atoms with van der Waals surface area (Å²) in [5, 5.41) is 4.84. The number of hydrogen-bond acceptors (Lipinski definition) is 7. The number of aromatic nitrogens is 3. The van der Waals surface area contributed by atoms with Gasteiger partial charge in [-0.05, 0) is 64.7 Å². The van der Waals surface area contributed by atoms with Gasteiger partial charge < -0.3 is 14.5 Å². The van der Waals surface area contributed by atoms with Crippen LogP contribution >= 0.6 is 0 Å².